The van der Waals surface area contributed by atoms with Crippen LogP contribution in [0.3, 0.4) is 0 Å². The van der Waals surface area contributed by atoms with E-state index in [-0.39, 0.29) is 18.1 Å². The molecule has 7 heteroatoms. The number of halogens is 1. The highest BCUT2D eigenvalue weighted by Crippen LogP contribution is 2.44. The van der Waals surface area contributed by atoms with Gasteiger partial charge in [0, 0.05) is 23.6 Å². The van der Waals surface area contributed by atoms with Crippen molar-refractivity contribution in [1.82, 2.24) is 10.2 Å². The van der Waals surface area contributed by atoms with Crippen molar-refractivity contribution in [3.63, 3.8) is 0 Å². The minimum Gasteiger partial charge on any atom is -0.463 e. The second-order valence-corrected chi connectivity index (χ2v) is 7.00. The summed E-state index contributed by atoms with van der Waals surface area (Å²) in [5.41, 5.74) is -0.555. The lowest BCUT2D eigenvalue weighted by Gasteiger charge is -2.40. The molecular formula is C18H21FN2O4. The molecular weight excluding hydrogens is 327 g/mol. The minimum atomic E-state index is -1.46. The molecule has 2 aromatic rings. The molecule has 1 aromatic carbocycles. The van der Waals surface area contributed by atoms with E-state index < -0.39 is 29.2 Å². The van der Waals surface area contributed by atoms with Gasteiger partial charge in [-0.05, 0) is 38.5 Å². The largest absolute Gasteiger partial charge is 0.463 e. The molecule has 3 atom stereocenters. The summed E-state index contributed by atoms with van der Waals surface area (Å²) in [7, 11) is 0. The number of aliphatic hydroxyl groups is 1. The summed E-state index contributed by atoms with van der Waals surface area (Å²) in [4.78, 5) is 25.1. The van der Waals surface area contributed by atoms with Gasteiger partial charge in [-0.2, -0.15) is 0 Å². The van der Waals surface area contributed by atoms with E-state index in [1.807, 2.05) is 0 Å². The van der Waals surface area contributed by atoms with Crippen LogP contribution in [0.15, 0.2) is 29.1 Å². The van der Waals surface area contributed by atoms with Crippen LogP contribution in [0.4, 0.5) is 4.39 Å². The summed E-state index contributed by atoms with van der Waals surface area (Å²) in [6.07, 6.45) is -0.285. The van der Waals surface area contributed by atoms with Gasteiger partial charge in [-0.1, -0.05) is 12.1 Å². The van der Waals surface area contributed by atoms with Crippen LogP contribution in [0, 0.1) is 11.7 Å². The molecule has 1 heterocycles. The minimum absolute atomic E-state index is 0.0880. The Hall–Kier alpha value is -2.41. The third-order valence-corrected chi connectivity index (χ3v) is 4.56. The molecule has 1 aromatic heterocycles. The topological polar surface area (TPSA) is 95.2 Å². The van der Waals surface area contributed by atoms with Crippen molar-refractivity contribution >= 4 is 5.97 Å². The number of carbonyl (C=O) groups is 1. The molecule has 0 saturated heterocycles. The van der Waals surface area contributed by atoms with Gasteiger partial charge in [-0.25, -0.2) is 4.39 Å². The fraction of sp³-hybridized carbons (Fsp3) is 0.444. The number of hydrogen-bond acceptors (Lipinski definition) is 4. The second kappa shape index (κ2) is 6.15. The number of aromatic amines is 2. The summed E-state index contributed by atoms with van der Waals surface area (Å²) in [5.74, 6) is -2.93. The summed E-state index contributed by atoms with van der Waals surface area (Å²) in [5, 5.41) is 16.2. The molecule has 1 aliphatic carbocycles. The van der Waals surface area contributed by atoms with Crippen molar-refractivity contribution in [2.24, 2.45) is 5.92 Å². The molecule has 25 heavy (non-hydrogen) atoms. The van der Waals surface area contributed by atoms with Crippen LogP contribution in [0.1, 0.15) is 43.5 Å². The molecule has 0 spiro atoms. The van der Waals surface area contributed by atoms with Crippen LogP contribution in [-0.2, 0) is 16.0 Å². The van der Waals surface area contributed by atoms with Crippen molar-refractivity contribution in [3.8, 4) is 0 Å². The lowest BCUT2D eigenvalue weighted by molar-refractivity contribution is -0.163. The highest BCUT2D eigenvalue weighted by Gasteiger charge is 2.51. The number of carbonyl (C=O) groups excluding carboxylic acids is 1. The van der Waals surface area contributed by atoms with E-state index >= 15 is 0 Å². The van der Waals surface area contributed by atoms with Gasteiger partial charge in [0.05, 0.1) is 17.6 Å². The van der Waals surface area contributed by atoms with Crippen LogP contribution in [-0.4, -0.2) is 33.0 Å². The Kier molecular flexibility index (Phi) is 4.28. The number of nitrogens with one attached hydrogen (secondary N) is 2. The molecule has 3 N–H and O–H groups in total. The van der Waals surface area contributed by atoms with Crippen LogP contribution in [0.5, 0.6) is 0 Å². The molecule has 134 valence electrons. The Labute approximate surface area is 144 Å². The molecule has 6 nitrogen and oxygen atoms in total. The molecule has 0 amide bonds. The first-order chi connectivity index (χ1) is 11.7. The monoisotopic (exact) mass is 348 g/mol. The number of hydrogen-bond donors (Lipinski definition) is 3. The molecule has 0 saturated carbocycles. The van der Waals surface area contributed by atoms with Crippen molar-refractivity contribution in [1.29, 1.82) is 0 Å². The molecule has 0 aliphatic heterocycles. The number of H-pyrrole nitrogens is 2. The average molecular weight is 348 g/mol. The zero-order valence-electron chi connectivity index (χ0n) is 14.3. The van der Waals surface area contributed by atoms with Crippen molar-refractivity contribution in [3.05, 3.63) is 57.3 Å². The third-order valence-electron chi connectivity index (χ3n) is 4.56. The standard InChI is InChI=1S/C18H21FN2O4/c1-9(2)25-17(23)15-13(10-5-4-6-11(19)7-10)14-12(8-18(15,3)24)20-21-16(14)22/h4-7,9,13,15,24H,8H2,1-3H3,(H2,20,21,22)/t13-,15-,18+/m0/s1. The average Bonchev–Trinajstić information content (AvgIpc) is 2.84. The summed E-state index contributed by atoms with van der Waals surface area (Å²) in [6.45, 7) is 4.95. The lowest BCUT2D eigenvalue weighted by Crippen LogP contribution is -2.50. The smallest absolute Gasteiger partial charge is 0.313 e. The fourth-order valence-electron chi connectivity index (χ4n) is 3.62. The van der Waals surface area contributed by atoms with E-state index in [1.54, 1.807) is 19.9 Å². The Balaban J connectivity index is 2.20. The predicted octanol–water partition coefficient (Wildman–Crippen LogP) is 1.85. The maximum atomic E-state index is 13.8. The number of benzene rings is 1. The van der Waals surface area contributed by atoms with E-state index in [2.05, 4.69) is 10.2 Å². The molecule has 1 aliphatic rings. The first-order valence-corrected chi connectivity index (χ1v) is 8.18. The molecule has 0 radical (unpaired) electrons. The molecule has 3 rings (SSSR count). The Morgan fingerprint density at radius 1 is 1.40 bits per heavy atom. The van der Waals surface area contributed by atoms with E-state index in [0.717, 1.165) is 0 Å². The Bertz CT molecular complexity index is 853. The van der Waals surface area contributed by atoms with Gasteiger partial charge in [0.2, 0.25) is 0 Å². The summed E-state index contributed by atoms with van der Waals surface area (Å²) < 4.78 is 19.1. The maximum Gasteiger partial charge on any atom is 0.313 e. The van der Waals surface area contributed by atoms with Gasteiger partial charge < -0.3 is 14.9 Å². The van der Waals surface area contributed by atoms with Crippen LogP contribution >= 0.6 is 0 Å². The van der Waals surface area contributed by atoms with Gasteiger partial charge in [0.1, 0.15) is 5.82 Å². The highest BCUT2D eigenvalue weighted by molar-refractivity contribution is 5.77. The molecule has 0 unspecified atom stereocenters. The van der Waals surface area contributed by atoms with Crippen LogP contribution in [0.2, 0.25) is 0 Å². The van der Waals surface area contributed by atoms with Gasteiger partial charge in [0.15, 0.2) is 0 Å². The van der Waals surface area contributed by atoms with Gasteiger partial charge in [-0.3, -0.25) is 14.7 Å². The van der Waals surface area contributed by atoms with Crippen molar-refractivity contribution in [2.45, 2.75) is 44.8 Å². The summed E-state index contributed by atoms with van der Waals surface area (Å²) in [6, 6.07) is 5.71. The second-order valence-electron chi connectivity index (χ2n) is 7.00. The van der Waals surface area contributed by atoms with Gasteiger partial charge in [-0.15, -0.1) is 0 Å². The van der Waals surface area contributed by atoms with Crippen molar-refractivity contribution < 1.29 is 19.0 Å². The fourth-order valence-corrected chi connectivity index (χ4v) is 3.62. The van der Waals surface area contributed by atoms with E-state index in [9.17, 15) is 19.1 Å². The predicted molar refractivity (Wildman–Crippen MR) is 88.7 cm³/mol. The van der Waals surface area contributed by atoms with Gasteiger partial charge in [0.25, 0.3) is 5.56 Å². The quantitative estimate of drug-likeness (QED) is 0.738. The Morgan fingerprint density at radius 2 is 2.12 bits per heavy atom. The summed E-state index contributed by atoms with van der Waals surface area (Å²) >= 11 is 0. The maximum absolute atomic E-state index is 13.8. The number of ether oxygens (including phenoxy) is 1. The van der Waals surface area contributed by atoms with Crippen LogP contribution < -0.4 is 5.56 Å². The number of esters is 1. The van der Waals surface area contributed by atoms with Gasteiger partial charge >= 0.3 is 5.97 Å². The number of fused-ring (bicyclic) bond motifs is 1. The van der Waals surface area contributed by atoms with E-state index in [1.165, 1.54) is 25.1 Å². The third kappa shape index (κ3) is 3.11. The normalized spacial score (nSPS) is 25.7. The lowest BCUT2D eigenvalue weighted by atomic mass is 9.66. The zero-order valence-corrected chi connectivity index (χ0v) is 14.3. The first kappa shape index (κ1) is 17.4. The number of aromatic nitrogens is 2. The molecule has 0 bridgehead atoms. The number of rotatable bonds is 3. The SMILES string of the molecule is CC(C)OC(=O)[C@@H]1[C@@H](c2cccc(F)c2)c2c([nH][nH]c2=O)C[C@@]1(C)O. The van der Waals surface area contributed by atoms with Crippen molar-refractivity contribution in [2.75, 3.05) is 0 Å². The van der Waals surface area contributed by atoms with E-state index in [4.69, 9.17) is 4.74 Å². The Morgan fingerprint density at radius 3 is 2.76 bits per heavy atom. The van der Waals surface area contributed by atoms with Crippen LogP contribution in [0.25, 0.3) is 0 Å². The zero-order chi connectivity index (χ0) is 18.4. The highest BCUT2D eigenvalue weighted by atomic mass is 19.1. The molecule has 0 fully saturated rings. The van der Waals surface area contributed by atoms with E-state index in [0.29, 0.717) is 16.8 Å². The first-order valence-electron chi connectivity index (χ1n) is 8.18.